The number of carbonyl (C=O) groups excluding carboxylic acids is 1. The lowest BCUT2D eigenvalue weighted by Gasteiger charge is -2.21. The third-order valence-electron chi connectivity index (χ3n) is 3.77. The Morgan fingerprint density at radius 1 is 1.35 bits per heavy atom. The van der Waals surface area contributed by atoms with Crippen molar-refractivity contribution in [2.75, 3.05) is 0 Å². The van der Waals surface area contributed by atoms with Gasteiger partial charge in [-0.05, 0) is 38.5 Å². The quantitative estimate of drug-likeness (QED) is 0.788. The second kappa shape index (κ2) is 6.87. The van der Waals surface area contributed by atoms with Crippen molar-refractivity contribution in [3.8, 4) is 0 Å². The summed E-state index contributed by atoms with van der Waals surface area (Å²) in [7, 11) is 0. The van der Waals surface area contributed by atoms with E-state index in [1.807, 2.05) is 6.92 Å². The lowest BCUT2D eigenvalue weighted by molar-refractivity contribution is -0.121. The molecule has 2 atom stereocenters. The molecule has 0 aliphatic heterocycles. The summed E-state index contributed by atoms with van der Waals surface area (Å²) in [6.07, 6.45) is -1.01. The average molecular weight is 323 g/mol. The Kier molecular flexibility index (Phi) is 5.10. The largest absolute Gasteiger partial charge is 0.386 e. The van der Waals surface area contributed by atoms with Crippen molar-refractivity contribution in [1.82, 2.24) is 15.5 Å². The molecule has 7 heteroatoms. The molecular formula is C16H19F2N3O2. The van der Waals surface area contributed by atoms with Crippen LogP contribution in [0.4, 0.5) is 8.78 Å². The molecular weight excluding hydrogens is 304 g/mol. The molecule has 1 aromatic heterocycles. The van der Waals surface area contributed by atoms with Crippen molar-refractivity contribution >= 4 is 5.91 Å². The Hall–Kier alpha value is -2.28. The summed E-state index contributed by atoms with van der Waals surface area (Å²) in [5.74, 6) is -2.31. The van der Waals surface area contributed by atoms with Crippen LogP contribution >= 0.6 is 0 Å². The lowest BCUT2D eigenvalue weighted by Crippen LogP contribution is -2.38. The van der Waals surface area contributed by atoms with Gasteiger partial charge in [-0.25, -0.2) is 8.78 Å². The third kappa shape index (κ3) is 3.92. The maximum Gasteiger partial charge on any atom is 0.224 e. The molecule has 5 nitrogen and oxygen atoms in total. The Labute approximate surface area is 132 Å². The first-order valence-electron chi connectivity index (χ1n) is 7.22. The van der Waals surface area contributed by atoms with Gasteiger partial charge >= 0.3 is 0 Å². The number of benzene rings is 1. The van der Waals surface area contributed by atoms with Gasteiger partial charge in [0.05, 0.1) is 24.3 Å². The monoisotopic (exact) mass is 323 g/mol. The number of aryl methyl sites for hydroxylation is 2. The number of aromatic amines is 1. The highest BCUT2D eigenvalue weighted by Gasteiger charge is 2.21. The third-order valence-corrected chi connectivity index (χ3v) is 3.77. The van der Waals surface area contributed by atoms with Gasteiger partial charge in [0, 0.05) is 11.3 Å². The summed E-state index contributed by atoms with van der Waals surface area (Å²) in [5, 5.41) is 19.6. The number of halogens is 2. The molecule has 3 N–H and O–H groups in total. The fourth-order valence-electron chi connectivity index (χ4n) is 2.36. The number of hydrogen-bond acceptors (Lipinski definition) is 3. The molecule has 0 radical (unpaired) electrons. The molecule has 0 bridgehead atoms. The van der Waals surface area contributed by atoms with Crippen LogP contribution in [0.25, 0.3) is 0 Å². The summed E-state index contributed by atoms with van der Waals surface area (Å²) in [5.41, 5.74) is 2.56. The van der Waals surface area contributed by atoms with Crippen LogP contribution in [-0.4, -0.2) is 27.3 Å². The van der Waals surface area contributed by atoms with Gasteiger partial charge in [0.25, 0.3) is 0 Å². The molecule has 0 saturated carbocycles. The molecule has 2 aromatic rings. The predicted octanol–water partition coefficient (Wildman–Crippen LogP) is 2.09. The van der Waals surface area contributed by atoms with Crippen molar-refractivity contribution in [2.24, 2.45) is 0 Å². The first-order chi connectivity index (χ1) is 10.8. The predicted molar refractivity (Wildman–Crippen MR) is 80.7 cm³/mol. The molecule has 2 rings (SSSR count). The zero-order valence-corrected chi connectivity index (χ0v) is 13.2. The normalized spacial score (nSPS) is 13.7. The number of rotatable bonds is 5. The van der Waals surface area contributed by atoms with Crippen LogP contribution < -0.4 is 5.32 Å². The highest BCUT2D eigenvalue weighted by atomic mass is 19.2. The molecule has 1 heterocycles. The Morgan fingerprint density at radius 2 is 2.04 bits per heavy atom. The number of aromatic nitrogens is 2. The zero-order valence-electron chi connectivity index (χ0n) is 13.2. The number of amides is 1. The van der Waals surface area contributed by atoms with E-state index >= 15 is 0 Å². The van der Waals surface area contributed by atoms with Crippen molar-refractivity contribution in [3.63, 3.8) is 0 Å². The van der Waals surface area contributed by atoms with Gasteiger partial charge in [-0.1, -0.05) is 6.07 Å². The maximum atomic E-state index is 13.2. The van der Waals surface area contributed by atoms with E-state index in [-0.39, 0.29) is 17.9 Å². The van der Waals surface area contributed by atoms with Gasteiger partial charge in [-0.3, -0.25) is 9.89 Å². The maximum absolute atomic E-state index is 13.2. The van der Waals surface area contributed by atoms with Gasteiger partial charge in [0.2, 0.25) is 5.91 Å². The number of H-pyrrole nitrogens is 1. The fraction of sp³-hybridized carbons (Fsp3) is 0.375. The topological polar surface area (TPSA) is 78.0 Å². The zero-order chi connectivity index (χ0) is 17.1. The van der Waals surface area contributed by atoms with Gasteiger partial charge in [-0.15, -0.1) is 0 Å². The van der Waals surface area contributed by atoms with E-state index < -0.39 is 23.8 Å². The Bertz CT molecular complexity index is 696. The Morgan fingerprint density at radius 3 is 2.61 bits per heavy atom. The van der Waals surface area contributed by atoms with E-state index in [2.05, 4.69) is 15.5 Å². The van der Waals surface area contributed by atoms with E-state index in [4.69, 9.17) is 0 Å². The average Bonchev–Trinajstić information content (AvgIpc) is 2.81. The van der Waals surface area contributed by atoms with E-state index in [9.17, 15) is 18.7 Å². The second-order valence-electron chi connectivity index (χ2n) is 5.56. The van der Waals surface area contributed by atoms with E-state index in [1.54, 1.807) is 13.8 Å². The minimum absolute atomic E-state index is 0.128. The van der Waals surface area contributed by atoms with Crippen molar-refractivity contribution in [2.45, 2.75) is 39.3 Å². The van der Waals surface area contributed by atoms with Crippen molar-refractivity contribution < 1.29 is 18.7 Å². The minimum atomic E-state index is -1.14. The number of hydrogen-bond donors (Lipinski definition) is 3. The number of nitrogens with zero attached hydrogens (tertiary/aromatic N) is 1. The molecule has 0 aliphatic rings. The molecule has 0 spiro atoms. The van der Waals surface area contributed by atoms with E-state index in [1.165, 1.54) is 6.07 Å². The van der Waals surface area contributed by atoms with Crippen LogP contribution in [0.2, 0.25) is 0 Å². The molecule has 124 valence electrons. The summed E-state index contributed by atoms with van der Waals surface area (Å²) in [6.45, 7) is 5.22. The molecule has 0 fully saturated rings. The van der Waals surface area contributed by atoms with E-state index in [0.717, 1.165) is 29.1 Å². The van der Waals surface area contributed by atoms with Crippen LogP contribution in [0.1, 0.15) is 35.5 Å². The molecule has 23 heavy (non-hydrogen) atoms. The molecule has 0 unspecified atom stereocenters. The van der Waals surface area contributed by atoms with Crippen LogP contribution in [0.15, 0.2) is 18.2 Å². The Balaban J connectivity index is 2.01. The first-order valence-corrected chi connectivity index (χ1v) is 7.22. The number of nitrogens with one attached hydrogen (secondary N) is 2. The minimum Gasteiger partial charge on any atom is -0.386 e. The van der Waals surface area contributed by atoms with Crippen molar-refractivity contribution in [3.05, 3.63) is 52.3 Å². The van der Waals surface area contributed by atoms with Gasteiger partial charge in [0.15, 0.2) is 11.6 Å². The SMILES string of the molecule is Cc1n[nH]c(C)c1CC(=O)N[C@@H](C)[C@@H](O)c1ccc(F)c(F)c1. The van der Waals surface area contributed by atoms with Gasteiger partial charge in [0.1, 0.15) is 0 Å². The standard InChI is InChI=1S/C16H19F2N3O2/c1-8-12(9(2)21-20-8)7-15(22)19-10(3)16(23)11-4-5-13(17)14(18)6-11/h4-6,10,16,23H,7H2,1-3H3,(H,19,22)(H,20,21)/t10-,16+/m0/s1. The van der Waals surface area contributed by atoms with Crippen LogP contribution in [0.5, 0.6) is 0 Å². The summed E-state index contributed by atoms with van der Waals surface area (Å²) in [6, 6.07) is 2.50. The number of aliphatic hydroxyl groups is 1. The van der Waals surface area contributed by atoms with Crippen LogP contribution in [0.3, 0.4) is 0 Å². The number of aliphatic hydroxyl groups excluding tert-OH is 1. The molecule has 1 aromatic carbocycles. The smallest absolute Gasteiger partial charge is 0.224 e. The van der Waals surface area contributed by atoms with Crippen LogP contribution in [-0.2, 0) is 11.2 Å². The second-order valence-corrected chi connectivity index (χ2v) is 5.56. The highest BCUT2D eigenvalue weighted by Crippen LogP contribution is 2.19. The highest BCUT2D eigenvalue weighted by molar-refractivity contribution is 5.79. The fourth-order valence-corrected chi connectivity index (χ4v) is 2.36. The number of carbonyl (C=O) groups is 1. The summed E-state index contributed by atoms with van der Waals surface area (Å²) >= 11 is 0. The van der Waals surface area contributed by atoms with Gasteiger partial charge < -0.3 is 10.4 Å². The van der Waals surface area contributed by atoms with E-state index in [0.29, 0.717) is 0 Å². The van der Waals surface area contributed by atoms with Crippen molar-refractivity contribution in [1.29, 1.82) is 0 Å². The summed E-state index contributed by atoms with van der Waals surface area (Å²) in [4.78, 5) is 12.1. The van der Waals surface area contributed by atoms with Crippen LogP contribution in [0, 0.1) is 25.5 Å². The summed E-state index contributed by atoms with van der Waals surface area (Å²) < 4.78 is 26.1. The molecule has 1 amide bonds. The lowest BCUT2D eigenvalue weighted by atomic mass is 10.0. The van der Waals surface area contributed by atoms with Gasteiger partial charge in [-0.2, -0.15) is 5.10 Å². The molecule has 0 saturated heterocycles. The first kappa shape index (κ1) is 17.1. The molecule has 0 aliphatic carbocycles.